The third kappa shape index (κ3) is 5.58. The zero-order valence-corrected chi connectivity index (χ0v) is 16.1. The Morgan fingerprint density at radius 3 is 2.52 bits per heavy atom. The first kappa shape index (κ1) is 18.0. The van der Waals surface area contributed by atoms with Crippen LogP contribution in [-0.2, 0) is 6.42 Å². The van der Waals surface area contributed by atoms with Crippen molar-refractivity contribution in [2.45, 2.75) is 38.5 Å². The number of benzene rings is 2. The van der Waals surface area contributed by atoms with Crippen LogP contribution in [0.5, 0.6) is 0 Å². The third-order valence-corrected chi connectivity index (χ3v) is 5.71. The van der Waals surface area contributed by atoms with Crippen molar-refractivity contribution in [3.8, 4) is 6.07 Å². The molecule has 1 nitrogen and oxygen atoms in total. The number of aryl methyl sites for hydroxylation is 1. The fourth-order valence-corrected chi connectivity index (χ4v) is 3.97. The summed E-state index contributed by atoms with van der Waals surface area (Å²) in [5.41, 5.74) is 3.38. The fourth-order valence-electron chi connectivity index (χ4n) is 3.71. The molecule has 0 aromatic heterocycles. The molecule has 2 heteroatoms. The SMILES string of the molecule is N#Cc1ccc(CCC2CCC[C@H](/C=C/c3ccc(Br)cc3)C2)cc1. The minimum absolute atomic E-state index is 0.711. The summed E-state index contributed by atoms with van der Waals surface area (Å²) >= 11 is 3.49. The lowest BCUT2D eigenvalue weighted by Gasteiger charge is -2.27. The Morgan fingerprint density at radius 1 is 1.04 bits per heavy atom. The first-order chi connectivity index (χ1) is 12.2. The maximum Gasteiger partial charge on any atom is 0.0991 e. The van der Waals surface area contributed by atoms with Gasteiger partial charge in [-0.15, -0.1) is 0 Å². The smallest absolute Gasteiger partial charge is 0.0991 e. The molecule has 1 fully saturated rings. The summed E-state index contributed by atoms with van der Waals surface area (Å²) in [5.74, 6) is 1.53. The predicted octanol–water partition coefficient (Wildman–Crippen LogP) is 6.77. The van der Waals surface area contributed by atoms with Gasteiger partial charge in [-0.1, -0.05) is 65.2 Å². The van der Waals surface area contributed by atoms with Gasteiger partial charge in [-0.3, -0.25) is 0 Å². The number of allylic oxidation sites excluding steroid dienone is 1. The van der Waals surface area contributed by atoms with Crippen LogP contribution in [0.15, 0.2) is 59.1 Å². The Bertz CT molecular complexity index is 737. The quantitative estimate of drug-likeness (QED) is 0.549. The van der Waals surface area contributed by atoms with Crippen LogP contribution in [0.25, 0.3) is 6.08 Å². The van der Waals surface area contributed by atoms with Crippen molar-refractivity contribution in [3.05, 3.63) is 75.8 Å². The Hall–Kier alpha value is -1.85. The van der Waals surface area contributed by atoms with Gasteiger partial charge in [0.25, 0.3) is 0 Å². The second kappa shape index (κ2) is 9.02. The summed E-state index contributed by atoms with van der Waals surface area (Å²) in [6.07, 6.45) is 12.4. The summed E-state index contributed by atoms with van der Waals surface area (Å²) in [6.45, 7) is 0. The molecule has 2 aromatic carbocycles. The number of hydrogen-bond acceptors (Lipinski definition) is 1. The molecule has 1 aliphatic carbocycles. The normalized spacial score (nSPS) is 20.5. The Morgan fingerprint density at radius 2 is 1.80 bits per heavy atom. The molecule has 0 heterocycles. The van der Waals surface area contributed by atoms with Gasteiger partial charge in [-0.25, -0.2) is 0 Å². The molecule has 0 amide bonds. The van der Waals surface area contributed by atoms with E-state index in [9.17, 15) is 0 Å². The Kier molecular flexibility index (Phi) is 6.48. The Labute approximate surface area is 159 Å². The van der Waals surface area contributed by atoms with Gasteiger partial charge in [0, 0.05) is 4.47 Å². The van der Waals surface area contributed by atoms with Crippen molar-refractivity contribution in [1.82, 2.24) is 0 Å². The van der Waals surface area contributed by atoms with Crippen LogP contribution >= 0.6 is 15.9 Å². The molecule has 3 rings (SSSR count). The molecule has 25 heavy (non-hydrogen) atoms. The van der Waals surface area contributed by atoms with Crippen LogP contribution < -0.4 is 0 Å². The van der Waals surface area contributed by atoms with Gasteiger partial charge < -0.3 is 0 Å². The van der Waals surface area contributed by atoms with E-state index in [-0.39, 0.29) is 0 Å². The van der Waals surface area contributed by atoms with Gasteiger partial charge >= 0.3 is 0 Å². The van der Waals surface area contributed by atoms with Crippen molar-refractivity contribution in [3.63, 3.8) is 0 Å². The van der Waals surface area contributed by atoms with Gasteiger partial charge in [0.05, 0.1) is 11.6 Å². The van der Waals surface area contributed by atoms with E-state index in [1.54, 1.807) is 0 Å². The predicted molar refractivity (Wildman–Crippen MR) is 108 cm³/mol. The molecular weight excluding hydrogens is 370 g/mol. The first-order valence-electron chi connectivity index (χ1n) is 9.16. The topological polar surface area (TPSA) is 23.8 Å². The second-order valence-corrected chi connectivity index (χ2v) is 7.97. The van der Waals surface area contributed by atoms with E-state index in [1.807, 2.05) is 12.1 Å². The molecule has 0 saturated heterocycles. The third-order valence-electron chi connectivity index (χ3n) is 5.18. The first-order valence-corrected chi connectivity index (χ1v) is 9.95. The molecule has 0 spiro atoms. The van der Waals surface area contributed by atoms with Crippen LogP contribution in [0, 0.1) is 23.2 Å². The van der Waals surface area contributed by atoms with Crippen molar-refractivity contribution < 1.29 is 0 Å². The van der Waals surface area contributed by atoms with Gasteiger partial charge in [0.1, 0.15) is 0 Å². The molecule has 2 atom stereocenters. The van der Waals surface area contributed by atoms with Crippen LogP contribution in [0.2, 0.25) is 0 Å². The van der Waals surface area contributed by atoms with E-state index in [0.717, 1.165) is 22.4 Å². The maximum absolute atomic E-state index is 8.88. The molecule has 0 N–H and O–H groups in total. The van der Waals surface area contributed by atoms with Crippen molar-refractivity contribution >= 4 is 22.0 Å². The van der Waals surface area contributed by atoms with E-state index >= 15 is 0 Å². The van der Waals surface area contributed by atoms with E-state index in [1.165, 1.54) is 43.2 Å². The van der Waals surface area contributed by atoms with E-state index < -0.39 is 0 Å². The monoisotopic (exact) mass is 393 g/mol. The zero-order chi connectivity index (χ0) is 17.5. The lowest BCUT2D eigenvalue weighted by Crippen LogP contribution is -2.14. The second-order valence-electron chi connectivity index (χ2n) is 7.05. The minimum Gasteiger partial charge on any atom is -0.192 e. The lowest BCUT2D eigenvalue weighted by atomic mass is 9.78. The molecule has 128 valence electrons. The molecule has 0 aliphatic heterocycles. The number of halogens is 1. The van der Waals surface area contributed by atoms with Crippen LogP contribution in [-0.4, -0.2) is 0 Å². The van der Waals surface area contributed by atoms with Crippen LogP contribution in [0.3, 0.4) is 0 Å². The highest BCUT2D eigenvalue weighted by atomic mass is 79.9. The van der Waals surface area contributed by atoms with Gasteiger partial charge in [0.2, 0.25) is 0 Å². The summed E-state index contributed by atoms with van der Waals surface area (Å²) in [4.78, 5) is 0. The van der Waals surface area contributed by atoms with Crippen LogP contribution in [0.4, 0.5) is 0 Å². The van der Waals surface area contributed by atoms with Gasteiger partial charge in [0.15, 0.2) is 0 Å². The van der Waals surface area contributed by atoms with E-state index in [4.69, 9.17) is 5.26 Å². The molecule has 1 unspecified atom stereocenters. The summed E-state index contributed by atoms with van der Waals surface area (Å²) < 4.78 is 1.13. The van der Waals surface area contributed by atoms with Crippen molar-refractivity contribution in [2.24, 2.45) is 11.8 Å². The minimum atomic E-state index is 0.711. The Balaban J connectivity index is 1.50. The summed E-state index contributed by atoms with van der Waals surface area (Å²) in [7, 11) is 0. The molecule has 0 bridgehead atoms. The lowest BCUT2D eigenvalue weighted by molar-refractivity contribution is 0.291. The summed E-state index contributed by atoms with van der Waals surface area (Å²) in [6, 6.07) is 18.8. The fraction of sp³-hybridized carbons (Fsp3) is 0.348. The van der Waals surface area contributed by atoms with Crippen molar-refractivity contribution in [1.29, 1.82) is 5.26 Å². The number of nitrogens with zero attached hydrogens (tertiary/aromatic N) is 1. The van der Waals surface area contributed by atoms with Gasteiger partial charge in [-0.05, 0) is 72.9 Å². The highest BCUT2D eigenvalue weighted by Gasteiger charge is 2.20. The molecule has 1 aliphatic rings. The molecule has 2 aromatic rings. The summed E-state index contributed by atoms with van der Waals surface area (Å²) in [5, 5.41) is 8.88. The maximum atomic E-state index is 8.88. The highest BCUT2D eigenvalue weighted by molar-refractivity contribution is 9.10. The zero-order valence-electron chi connectivity index (χ0n) is 14.5. The van der Waals surface area contributed by atoms with Crippen LogP contribution in [0.1, 0.15) is 48.8 Å². The van der Waals surface area contributed by atoms with E-state index in [2.05, 4.69) is 70.5 Å². The van der Waals surface area contributed by atoms with Gasteiger partial charge in [-0.2, -0.15) is 5.26 Å². The number of rotatable bonds is 5. The number of nitriles is 1. The average Bonchev–Trinajstić information content (AvgIpc) is 2.67. The molecular formula is C23H24BrN. The standard InChI is InChI=1S/C23H24BrN/c24-23-14-12-19(13-15-23)5-9-21-3-1-2-20(16-21)8-4-18-6-10-22(17-25)11-7-18/h5-7,9-15,20-21H,1-4,8,16H2/b9-5+/t20?,21-/m1/s1. The largest absolute Gasteiger partial charge is 0.192 e. The highest BCUT2D eigenvalue weighted by Crippen LogP contribution is 2.33. The van der Waals surface area contributed by atoms with Crippen molar-refractivity contribution in [2.75, 3.05) is 0 Å². The average molecular weight is 394 g/mol. The molecule has 0 radical (unpaired) electrons. The van der Waals surface area contributed by atoms with E-state index in [0.29, 0.717) is 5.92 Å². The molecule has 1 saturated carbocycles. The number of hydrogen-bond donors (Lipinski definition) is 0.